The molecule has 32 heavy (non-hydrogen) atoms. The fourth-order valence-electron chi connectivity index (χ4n) is 3.99. The number of nitrogens with zero attached hydrogens (tertiary/aromatic N) is 4. The van der Waals surface area contributed by atoms with Crippen molar-refractivity contribution in [3.05, 3.63) is 53.8 Å². The number of ether oxygens (including phenoxy) is 1. The number of hydrogen-bond donors (Lipinski definition) is 1. The average molecular weight is 456 g/mol. The third-order valence-corrected chi connectivity index (χ3v) is 6.16. The van der Waals surface area contributed by atoms with Crippen LogP contribution in [0.25, 0.3) is 11.1 Å². The number of anilines is 1. The molecule has 3 rings (SSSR count). The lowest BCUT2D eigenvalue weighted by molar-refractivity contribution is 0.286. The molecule has 1 aliphatic carbocycles. The molecule has 7 heteroatoms. The predicted octanol–water partition coefficient (Wildman–Crippen LogP) is 6.45. The van der Waals surface area contributed by atoms with E-state index in [2.05, 4.69) is 53.1 Å². The smallest absolute Gasteiger partial charge is 0.227 e. The summed E-state index contributed by atoms with van der Waals surface area (Å²) < 4.78 is 7.15. The van der Waals surface area contributed by atoms with E-state index in [0.29, 0.717) is 28.8 Å². The SMILES string of the molecule is C=C(/C=N\C(OC)=C(/C)Cl)[C@H]1CC[C@H](CNc2cc(-c3cnn(C(C)C)c3)ccn2)CC1. The fraction of sp³-hybridized carbons (Fsp3) is 0.480. The Labute approximate surface area is 196 Å². The van der Waals surface area contributed by atoms with Gasteiger partial charge in [-0.2, -0.15) is 5.10 Å². The fourth-order valence-corrected chi connectivity index (χ4v) is 4.12. The second-order valence-corrected chi connectivity index (χ2v) is 9.27. The molecule has 1 fully saturated rings. The normalized spacial score (nSPS) is 19.8. The topological polar surface area (TPSA) is 64.3 Å². The minimum Gasteiger partial charge on any atom is -0.480 e. The van der Waals surface area contributed by atoms with Gasteiger partial charge in [0.25, 0.3) is 0 Å². The minimum absolute atomic E-state index is 0.351. The third-order valence-electron chi connectivity index (χ3n) is 6.00. The second-order valence-electron chi connectivity index (χ2n) is 8.71. The highest BCUT2D eigenvalue weighted by molar-refractivity contribution is 6.29. The Kier molecular flexibility index (Phi) is 8.51. The molecule has 0 saturated heterocycles. The number of methoxy groups -OCH3 is 1. The summed E-state index contributed by atoms with van der Waals surface area (Å²) in [6, 6.07) is 4.48. The van der Waals surface area contributed by atoms with Crippen LogP contribution in [0.1, 0.15) is 52.5 Å². The molecule has 2 aromatic heterocycles. The first-order valence-corrected chi connectivity index (χ1v) is 11.6. The zero-order chi connectivity index (χ0) is 23.1. The molecular formula is C25H34ClN5O. The van der Waals surface area contributed by atoms with Crippen molar-refractivity contribution in [3.8, 4) is 11.1 Å². The minimum atomic E-state index is 0.351. The summed E-state index contributed by atoms with van der Waals surface area (Å²) in [6.07, 6.45) is 12.2. The molecule has 0 spiro atoms. The molecule has 0 amide bonds. The van der Waals surface area contributed by atoms with E-state index in [1.807, 2.05) is 23.1 Å². The van der Waals surface area contributed by atoms with E-state index in [-0.39, 0.29) is 0 Å². The van der Waals surface area contributed by atoms with Crippen LogP contribution in [0.4, 0.5) is 5.82 Å². The van der Waals surface area contributed by atoms with Crippen LogP contribution in [-0.4, -0.2) is 34.6 Å². The third kappa shape index (κ3) is 6.45. The van der Waals surface area contributed by atoms with Gasteiger partial charge in [0.15, 0.2) is 0 Å². The molecule has 6 nitrogen and oxygen atoms in total. The highest BCUT2D eigenvalue weighted by atomic mass is 35.5. The Morgan fingerprint density at radius 1 is 1.34 bits per heavy atom. The van der Waals surface area contributed by atoms with Crippen LogP contribution in [0.2, 0.25) is 0 Å². The number of hydrogen-bond acceptors (Lipinski definition) is 5. The lowest BCUT2D eigenvalue weighted by Gasteiger charge is -2.29. The van der Waals surface area contributed by atoms with Gasteiger partial charge >= 0.3 is 0 Å². The summed E-state index contributed by atoms with van der Waals surface area (Å²) in [4.78, 5) is 8.83. The molecule has 0 aliphatic heterocycles. The first-order chi connectivity index (χ1) is 15.4. The van der Waals surface area contributed by atoms with Crippen LogP contribution in [0.3, 0.4) is 0 Å². The highest BCUT2D eigenvalue weighted by Gasteiger charge is 2.22. The number of allylic oxidation sites excluding steroid dienone is 2. The summed E-state index contributed by atoms with van der Waals surface area (Å²) in [5, 5.41) is 8.52. The summed E-state index contributed by atoms with van der Waals surface area (Å²) in [5.74, 6) is 2.44. The van der Waals surface area contributed by atoms with Crippen molar-refractivity contribution >= 4 is 23.6 Å². The number of nitrogens with one attached hydrogen (secondary N) is 1. The van der Waals surface area contributed by atoms with Crippen molar-refractivity contribution < 1.29 is 4.74 Å². The van der Waals surface area contributed by atoms with Crippen LogP contribution in [0.15, 0.2) is 58.8 Å². The summed E-state index contributed by atoms with van der Waals surface area (Å²) in [5.41, 5.74) is 3.28. The second kappa shape index (κ2) is 11.3. The lowest BCUT2D eigenvalue weighted by Crippen LogP contribution is -2.22. The van der Waals surface area contributed by atoms with Gasteiger partial charge in [-0.1, -0.05) is 18.2 Å². The van der Waals surface area contributed by atoms with Crippen molar-refractivity contribution in [3.63, 3.8) is 0 Å². The molecular weight excluding hydrogens is 422 g/mol. The predicted molar refractivity (Wildman–Crippen MR) is 133 cm³/mol. The molecule has 0 aromatic carbocycles. The molecule has 0 bridgehead atoms. The average Bonchev–Trinajstić information content (AvgIpc) is 3.29. The van der Waals surface area contributed by atoms with Gasteiger partial charge in [-0.05, 0) is 81.6 Å². The zero-order valence-corrected chi connectivity index (χ0v) is 20.3. The van der Waals surface area contributed by atoms with Crippen LogP contribution >= 0.6 is 11.6 Å². The van der Waals surface area contributed by atoms with Crippen molar-refractivity contribution in [1.29, 1.82) is 0 Å². The van der Waals surface area contributed by atoms with Crippen LogP contribution in [0, 0.1) is 11.8 Å². The first-order valence-electron chi connectivity index (χ1n) is 11.2. The van der Waals surface area contributed by atoms with E-state index in [1.54, 1.807) is 20.2 Å². The van der Waals surface area contributed by atoms with Crippen molar-refractivity contribution in [2.24, 2.45) is 16.8 Å². The number of pyridine rings is 1. The van der Waals surface area contributed by atoms with Gasteiger partial charge in [0.2, 0.25) is 5.88 Å². The van der Waals surface area contributed by atoms with E-state index in [9.17, 15) is 0 Å². The molecule has 2 heterocycles. The largest absolute Gasteiger partial charge is 0.480 e. The van der Waals surface area contributed by atoms with Gasteiger partial charge in [-0.3, -0.25) is 4.68 Å². The maximum absolute atomic E-state index is 5.97. The monoisotopic (exact) mass is 455 g/mol. The van der Waals surface area contributed by atoms with Crippen molar-refractivity contribution in [2.75, 3.05) is 19.0 Å². The van der Waals surface area contributed by atoms with Crippen LogP contribution in [-0.2, 0) is 4.74 Å². The quantitative estimate of drug-likeness (QED) is 0.348. The molecule has 172 valence electrons. The Balaban J connectivity index is 1.49. The van der Waals surface area contributed by atoms with Gasteiger partial charge < -0.3 is 10.1 Å². The van der Waals surface area contributed by atoms with E-state index in [4.69, 9.17) is 16.3 Å². The molecule has 0 radical (unpaired) electrons. The van der Waals surface area contributed by atoms with E-state index in [0.717, 1.165) is 54.7 Å². The van der Waals surface area contributed by atoms with Gasteiger partial charge in [0.05, 0.1) is 18.3 Å². The molecule has 0 unspecified atom stereocenters. The molecule has 1 N–H and O–H groups in total. The molecule has 0 atom stereocenters. The van der Waals surface area contributed by atoms with Gasteiger partial charge in [0.1, 0.15) is 5.82 Å². The molecule has 1 saturated carbocycles. The van der Waals surface area contributed by atoms with Crippen LogP contribution < -0.4 is 5.32 Å². The molecule has 2 aromatic rings. The Morgan fingerprint density at radius 3 is 2.72 bits per heavy atom. The van der Waals surface area contributed by atoms with Crippen molar-refractivity contribution in [2.45, 2.75) is 52.5 Å². The van der Waals surface area contributed by atoms with Crippen molar-refractivity contribution in [1.82, 2.24) is 14.8 Å². The maximum Gasteiger partial charge on any atom is 0.227 e. The Bertz CT molecular complexity index is 966. The molecule has 1 aliphatic rings. The standard InChI is InChI=1S/C25H34ClN5O/c1-17(2)31-16-23(15-30-31)22-10-11-27-24(12-22)28-14-20-6-8-21(9-7-20)18(3)13-29-25(32-5)19(4)26/h10-13,15-17,20-21H,3,6-9,14H2,1-2,4-5H3,(H,27,28)/b25-19-,29-13-/t20-,21-. The Hall–Kier alpha value is -2.60. The van der Waals surface area contributed by atoms with E-state index >= 15 is 0 Å². The van der Waals surface area contributed by atoms with E-state index < -0.39 is 0 Å². The van der Waals surface area contributed by atoms with Crippen LogP contribution in [0.5, 0.6) is 0 Å². The van der Waals surface area contributed by atoms with Gasteiger partial charge in [-0.25, -0.2) is 9.98 Å². The lowest BCUT2D eigenvalue weighted by atomic mass is 9.79. The summed E-state index contributed by atoms with van der Waals surface area (Å²) in [6.45, 7) is 11.2. The first kappa shape index (κ1) is 24.1. The van der Waals surface area contributed by atoms with Gasteiger partial charge in [-0.15, -0.1) is 0 Å². The Morgan fingerprint density at radius 2 is 2.09 bits per heavy atom. The number of aliphatic imine (C=N–C) groups is 1. The number of aromatic nitrogens is 3. The maximum atomic E-state index is 5.97. The summed E-state index contributed by atoms with van der Waals surface area (Å²) >= 11 is 5.97. The highest BCUT2D eigenvalue weighted by Crippen LogP contribution is 2.32. The van der Waals surface area contributed by atoms with Gasteiger partial charge in [0, 0.05) is 36.8 Å². The number of halogens is 1. The number of rotatable bonds is 9. The zero-order valence-electron chi connectivity index (χ0n) is 19.5. The van der Waals surface area contributed by atoms with E-state index in [1.165, 1.54) is 0 Å². The summed E-state index contributed by atoms with van der Waals surface area (Å²) in [7, 11) is 1.57.